The molecule has 5 nitrogen and oxygen atoms in total. The van der Waals surface area contributed by atoms with Gasteiger partial charge in [0.1, 0.15) is 11.5 Å². The number of aromatic nitrogens is 4. The fraction of sp³-hybridized carbons (Fsp3) is 0.0612. The molecule has 6 aromatic carbocycles. The molecule has 0 saturated heterocycles. The minimum absolute atomic E-state index is 0.204. The molecule has 1 aliphatic heterocycles. The van der Waals surface area contributed by atoms with Crippen molar-refractivity contribution in [2.24, 2.45) is 5.92 Å². The van der Waals surface area contributed by atoms with Crippen molar-refractivity contribution < 1.29 is 4.74 Å². The van der Waals surface area contributed by atoms with Crippen LogP contribution in [0, 0.1) is 5.92 Å². The van der Waals surface area contributed by atoms with Gasteiger partial charge in [0.2, 0.25) is 0 Å². The van der Waals surface area contributed by atoms with Crippen molar-refractivity contribution in [1.29, 1.82) is 0 Å². The molecule has 0 fully saturated rings. The van der Waals surface area contributed by atoms with Gasteiger partial charge >= 0.3 is 0 Å². The van der Waals surface area contributed by atoms with Crippen LogP contribution in [0.3, 0.4) is 0 Å². The molecule has 3 atom stereocenters. The zero-order valence-corrected chi connectivity index (χ0v) is 29.2. The van der Waals surface area contributed by atoms with Crippen LogP contribution in [0.15, 0.2) is 182 Å². The van der Waals surface area contributed by atoms with Gasteiger partial charge in [0.25, 0.3) is 0 Å². The first-order valence-corrected chi connectivity index (χ1v) is 18.4. The van der Waals surface area contributed by atoms with Gasteiger partial charge in [-0.15, -0.1) is 0 Å². The molecule has 3 unspecified atom stereocenters. The molecule has 0 amide bonds. The van der Waals surface area contributed by atoms with Gasteiger partial charge in [-0.3, -0.25) is 4.98 Å². The first-order valence-electron chi connectivity index (χ1n) is 18.4. The zero-order valence-electron chi connectivity index (χ0n) is 29.2. The van der Waals surface area contributed by atoms with Gasteiger partial charge in [0, 0.05) is 56.8 Å². The van der Waals surface area contributed by atoms with E-state index >= 15 is 0 Å². The molecule has 3 heterocycles. The minimum atomic E-state index is -0.411. The Morgan fingerprint density at radius 1 is 0.481 bits per heavy atom. The summed E-state index contributed by atoms with van der Waals surface area (Å²) in [7, 11) is 0. The van der Waals surface area contributed by atoms with Crippen LogP contribution in [-0.2, 0) is 5.41 Å². The molecule has 8 aromatic rings. The molecule has 54 heavy (non-hydrogen) atoms. The van der Waals surface area contributed by atoms with Crippen LogP contribution in [0.25, 0.3) is 56.2 Å². The third-order valence-corrected chi connectivity index (χ3v) is 11.3. The Hall–Kier alpha value is -6.98. The molecule has 254 valence electrons. The van der Waals surface area contributed by atoms with Crippen molar-refractivity contribution in [3.8, 4) is 56.8 Å². The van der Waals surface area contributed by atoms with Crippen molar-refractivity contribution >= 4 is 10.9 Å². The highest BCUT2D eigenvalue weighted by atomic mass is 16.5. The summed E-state index contributed by atoms with van der Waals surface area (Å²) in [6, 6.07) is 52.8. The molecular weight excluding hydrogens is 661 g/mol. The van der Waals surface area contributed by atoms with Crippen LogP contribution in [0.4, 0.5) is 0 Å². The number of rotatable bonds is 4. The van der Waals surface area contributed by atoms with Gasteiger partial charge in [-0.25, -0.2) is 15.0 Å². The van der Waals surface area contributed by atoms with Gasteiger partial charge in [-0.05, 0) is 34.9 Å². The van der Waals surface area contributed by atoms with E-state index in [-0.39, 0.29) is 11.8 Å². The number of allylic oxidation sites excluding steroid dienone is 4. The molecule has 0 saturated carbocycles. The molecule has 11 rings (SSSR count). The zero-order chi connectivity index (χ0) is 35.6. The van der Waals surface area contributed by atoms with Crippen LogP contribution in [0.2, 0.25) is 0 Å². The lowest BCUT2D eigenvalue weighted by Gasteiger charge is -2.43. The number of para-hydroxylation sites is 2. The van der Waals surface area contributed by atoms with Crippen LogP contribution in [0.1, 0.15) is 28.2 Å². The maximum absolute atomic E-state index is 6.82. The third-order valence-electron chi connectivity index (χ3n) is 11.3. The molecule has 0 radical (unpaired) electrons. The monoisotopic (exact) mass is 692 g/mol. The summed E-state index contributed by atoms with van der Waals surface area (Å²) in [6.45, 7) is 0. The number of nitrogens with zero attached hydrogens (tertiary/aromatic N) is 4. The Bertz CT molecular complexity index is 2820. The standard InChI is InChI=1S/C49H32N4O/c1-2-12-33(13-3-1)46-51-47(34-25-23-31(24-26-34)36-18-10-14-32-15-11-29-50-45(32)36)53-48(52-46)35-27-28-42-44(30-35)54-43-22-9-8-21-41(43)49(42)39-19-6-4-16-37(39)38-17-5-7-20-40(38)49/h1-30,37,39H. The largest absolute Gasteiger partial charge is 0.457 e. The second kappa shape index (κ2) is 12.0. The normalized spacial score (nSPS) is 18.8. The number of hydrogen-bond acceptors (Lipinski definition) is 5. The number of hydrogen-bond donors (Lipinski definition) is 0. The summed E-state index contributed by atoms with van der Waals surface area (Å²) in [5.41, 5.74) is 10.5. The lowest BCUT2D eigenvalue weighted by molar-refractivity contribution is 0.374. The van der Waals surface area contributed by atoms with Gasteiger partial charge in [-0.1, -0.05) is 158 Å². The van der Waals surface area contributed by atoms with E-state index in [1.165, 1.54) is 16.7 Å². The minimum Gasteiger partial charge on any atom is -0.457 e. The average Bonchev–Trinajstić information content (AvgIpc) is 3.54. The Balaban J connectivity index is 1.06. The second-order valence-corrected chi connectivity index (χ2v) is 14.2. The number of benzene rings is 6. The summed E-state index contributed by atoms with van der Waals surface area (Å²) in [5, 5.41) is 1.11. The quantitative estimate of drug-likeness (QED) is 0.184. The average molecular weight is 693 g/mol. The van der Waals surface area contributed by atoms with E-state index in [0.717, 1.165) is 55.8 Å². The van der Waals surface area contributed by atoms with E-state index in [1.54, 1.807) is 0 Å². The highest BCUT2D eigenvalue weighted by molar-refractivity contribution is 5.93. The smallest absolute Gasteiger partial charge is 0.164 e. The van der Waals surface area contributed by atoms with Gasteiger partial charge in [0.05, 0.1) is 10.9 Å². The van der Waals surface area contributed by atoms with Crippen LogP contribution >= 0.6 is 0 Å². The second-order valence-electron chi connectivity index (χ2n) is 14.2. The van der Waals surface area contributed by atoms with E-state index < -0.39 is 5.41 Å². The van der Waals surface area contributed by atoms with Gasteiger partial charge < -0.3 is 4.74 Å². The highest BCUT2D eigenvalue weighted by Crippen LogP contribution is 2.64. The van der Waals surface area contributed by atoms with Crippen LogP contribution in [0.5, 0.6) is 11.5 Å². The number of fused-ring (bicyclic) bond motifs is 10. The predicted molar refractivity (Wildman–Crippen MR) is 214 cm³/mol. The van der Waals surface area contributed by atoms with E-state index in [9.17, 15) is 0 Å². The summed E-state index contributed by atoms with van der Waals surface area (Å²) >= 11 is 0. The highest BCUT2D eigenvalue weighted by Gasteiger charge is 2.56. The van der Waals surface area contributed by atoms with Crippen LogP contribution in [-0.4, -0.2) is 19.9 Å². The first-order chi connectivity index (χ1) is 26.8. The molecule has 1 spiro atoms. The molecule has 2 aliphatic carbocycles. The topological polar surface area (TPSA) is 60.8 Å². The van der Waals surface area contributed by atoms with E-state index in [1.807, 2.05) is 42.6 Å². The molecule has 3 aliphatic rings. The van der Waals surface area contributed by atoms with E-state index in [4.69, 9.17) is 19.7 Å². The van der Waals surface area contributed by atoms with Crippen molar-refractivity contribution in [2.75, 3.05) is 0 Å². The fourth-order valence-corrected chi connectivity index (χ4v) is 9.00. The summed E-state index contributed by atoms with van der Waals surface area (Å²) in [6.07, 6.45) is 11.0. The Morgan fingerprint density at radius 2 is 1.13 bits per heavy atom. The first kappa shape index (κ1) is 30.6. The Morgan fingerprint density at radius 3 is 1.98 bits per heavy atom. The third kappa shape index (κ3) is 4.58. The SMILES string of the molecule is C1=CC2c3ccccc3C3(c4ccccc4Oc4cc(-c5nc(-c6ccccc6)nc(-c6ccc(-c7cccc8cccnc78)cc6)n5)ccc43)C2C=C1. The maximum atomic E-state index is 6.82. The fourth-order valence-electron chi connectivity index (χ4n) is 9.00. The molecule has 5 heteroatoms. The molecule has 0 N–H and O–H groups in total. The van der Waals surface area contributed by atoms with Crippen molar-refractivity contribution in [2.45, 2.75) is 11.3 Å². The number of pyridine rings is 1. The van der Waals surface area contributed by atoms with Crippen LogP contribution < -0.4 is 4.74 Å². The van der Waals surface area contributed by atoms with Crippen molar-refractivity contribution in [1.82, 2.24) is 19.9 Å². The Labute approximate surface area is 313 Å². The molecular formula is C49H32N4O. The van der Waals surface area contributed by atoms with E-state index in [2.05, 4.69) is 145 Å². The maximum Gasteiger partial charge on any atom is 0.164 e. The predicted octanol–water partition coefficient (Wildman–Crippen LogP) is 11.4. The summed E-state index contributed by atoms with van der Waals surface area (Å²) in [4.78, 5) is 19.9. The molecule has 0 bridgehead atoms. The lowest BCUT2D eigenvalue weighted by atomic mass is 9.62. The van der Waals surface area contributed by atoms with Gasteiger partial charge in [0.15, 0.2) is 17.5 Å². The van der Waals surface area contributed by atoms with Gasteiger partial charge in [-0.2, -0.15) is 0 Å². The van der Waals surface area contributed by atoms with Crippen molar-refractivity contribution in [3.63, 3.8) is 0 Å². The lowest BCUT2D eigenvalue weighted by Crippen LogP contribution is -2.37. The van der Waals surface area contributed by atoms with E-state index in [0.29, 0.717) is 17.5 Å². The van der Waals surface area contributed by atoms with Crippen molar-refractivity contribution in [3.05, 3.63) is 204 Å². The molecule has 2 aromatic heterocycles. The summed E-state index contributed by atoms with van der Waals surface area (Å²) in [5.74, 6) is 3.98. The Kier molecular flexibility index (Phi) is 6.83. The number of ether oxygens (including phenoxy) is 1. The summed E-state index contributed by atoms with van der Waals surface area (Å²) < 4.78 is 6.82.